The molecule has 6 heteroatoms. The first kappa shape index (κ1) is 17.6. The molecule has 0 aliphatic heterocycles. The van der Waals surface area contributed by atoms with E-state index in [0.29, 0.717) is 22.2 Å². The second kappa shape index (κ2) is 7.02. The minimum atomic E-state index is -0.558. The van der Waals surface area contributed by atoms with Crippen LogP contribution in [0.2, 0.25) is 0 Å². The molecule has 0 spiro atoms. The molecule has 1 aromatic heterocycles. The van der Waals surface area contributed by atoms with E-state index >= 15 is 0 Å². The SMILES string of the molecule is CCCCN(C(=O)OC(C)(C)C)c1nc(C)c(C(C)=O)s1. The lowest BCUT2D eigenvalue weighted by Crippen LogP contribution is -2.37. The first-order valence-electron chi connectivity index (χ1n) is 7.14. The summed E-state index contributed by atoms with van der Waals surface area (Å²) >= 11 is 1.24. The molecule has 0 N–H and O–H groups in total. The Kier molecular flexibility index (Phi) is 5.89. The summed E-state index contributed by atoms with van der Waals surface area (Å²) in [5, 5.41) is 0.528. The van der Waals surface area contributed by atoms with E-state index in [4.69, 9.17) is 4.74 Å². The Hall–Kier alpha value is -1.43. The fourth-order valence-electron chi connectivity index (χ4n) is 1.72. The van der Waals surface area contributed by atoms with E-state index in [9.17, 15) is 9.59 Å². The maximum atomic E-state index is 12.3. The van der Waals surface area contributed by atoms with Gasteiger partial charge in [0.05, 0.1) is 10.6 Å². The monoisotopic (exact) mass is 312 g/mol. The fraction of sp³-hybridized carbons (Fsp3) is 0.667. The molecule has 0 atom stereocenters. The Morgan fingerprint density at radius 1 is 1.33 bits per heavy atom. The minimum Gasteiger partial charge on any atom is -0.443 e. The maximum absolute atomic E-state index is 12.3. The summed E-state index contributed by atoms with van der Waals surface area (Å²) in [5.41, 5.74) is 0.101. The van der Waals surface area contributed by atoms with E-state index in [2.05, 4.69) is 11.9 Å². The number of unbranched alkanes of at least 4 members (excludes halogenated alkanes) is 1. The Morgan fingerprint density at radius 3 is 2.38 bits per heavy atom. The average molecular weight is 312 g/mol. The van der Waals surface area contributed by atoms with Gasteiger partial charge >= 0.3 is 6.09 Å². The summed E-state index contributed by atoms with van der Waals surface area (Å²) in [5.74, 6) is -0.0316. The molecule has 1 aromatic rings. The lowest BCUT2D eigenvalue weighted by atomic mass is 10.2. The van der Waals surface area contributed by atoms with Gasteiger partial charge in [-0.05, 0) is 34.1 Å². The molecule has 0 saturated heterocycles. The molecule has 1 rings (SSSR count). The van der Waals surface area contributed by atoms with Gasteiger partial charge in [-0.3, -0.25) is 9.69 Å². The van der Waals surface area contributed by atoms with Crippen LogP contribution in [0.3, 0.4) is 0 Å². The Morgan fingerprint density at radius 2 is 1.95 bits per heavy atom. The number of aromatic nitrogens is 1. The number of hydrogen-bond donors (Lipinski definition) is 0. The highest BCUT2D eigenvalue weighted by Crippen LogP contribution is 2.28. The van der Waals surface area contributed by atoms with Gasteiger partial charge in [0.2, 0.25) is 0 Å². The minimum absolute atomic E-state index is 0.0316. The summed E-state index contributed by atoms with van der Waals surface area (Å²) < 4.78 is 5.43. The van der Waals surface area contributed by atoms with Crippen molar-refractivity contribution in [1.29, 1.82) is 0 Å². The number of hydrogen-bond acceptors (Lipinski definition) is 5. The molecule has 118 valence electrons. The van der Waals surface area contributed by atoms with E-state index in [1.54, 1.807) is 6.92 Å². The van der Waals surface area contributed by atoms with Gasteiger partial charge in [0.1, 0.15) is 5.60 Å². The van der Waals surface area contributed by atoms with Gasteiger partial charge in [-0.1, -0.05) is 24.7 Å². The van der Waals surface area contributed by atoms with Crippen LogP contribution in [0, 0.1) is 6.92 Å². The number of ether oxygens (including phenoxy) is 1. The van der Waals surface area contributed by atoms with Gasteiger partial charge in [-0.2, -0.15) is 0 Å². The summed E-state index contributed by atoms with van der Waals surface area (Å²) in [6.45, 7) is 11.4. The van der Waals surface area contributed by atoms with Crippen molar-refractivity contribution < 1.29 is 14.3 Å². The van der Waals surface area contributed by atoms with E-state index in [1.807, 2.05) is 20.8 Å². The van der Waals surface area contributed by atoms with Crippen LogP contribution in [-0.2, 0) is 4.74 Å². The molecule has 0 saturated carbocycles. The Labute approximate surface area is 130 Å². The van der Waals surface area contributed by atoms with Crippen molar-refractivity contribution in [3.05, 3.63) is 10.6 Å². The molecule has 0 aliphatic carbocycles. The number of thiazole rings is 1. The standard InChI is InChI=1S/C15H24N2O3S/c1-7-8-9-17(14(19)20-15(4,5)6)13-16-10(2)12(21-13)11(3)18/h7-9H2,1-6H3. The summed E-state index contributed by atoms with van der Waals surface area (Å²) in [6, 6.07) is 0. The zero-order valence-corrected chi connectivity index (χ0v) is 14.5. The largest absolute Gasteiger partial charge is 0.443 e. The molecule has 0 fully saturated rings. The Balaban J connectivity index is 3.04. The molecular formula is C15H24N2O3S. The molecule has 1 heterocycles. The van der Waals surface area contributed by atoms with E-state index in [0.717, 1.165) is 12.8 Å². The van der Waals surface area contributed by atoms with Crippen molar-refractivity contribution in [2.24, 2.45) is 0 Å². The van der Waals surface area contributed by atoms with Gasteiger partial charge < -0.3 is 4.74 Å². The first-order chi connectivity index (χ1) is 9.65. The van der Waals surface area contributed by atoms with Crippen molar-refractivity contribution in [2.45, 2.75) is 60.0 Å². The highest BCUT2D eigenvalue weighted by molar-refractivity contribution is 7.17. The van der Waals surface area contributed by atoms with E-state index < -0.39 is 11.7 Å². The zero-order valence-electron chi connectivity index (χ0n) is 13.6. The average Bonchev–Trinajstić information content (AvgIpc) is 2.69. The second-order valence-electron chi connectivity index (χ2n) is 5.95. The topological polar surface area (TPSA) is 59.5 Å². The van der Waals surface area contributed by atoms with Crippen molar-refractivity contribution >= 4 is 28.3 Å². The molecule has 0 unspecified atom stereocenters. The quantitative estimate of drug-likeness (QED) is 0.765. The lowest BCUT2D eigenvalue weighted by molar-refractivity contribution is 0.0579. The van der Waals surface area contributed by atoms with Gasteiger partial charge in [-0.15, -0.1) is 0 Å². The molecular weight excluding hydrogens is 288 g/mol. The second-order valence-corrected chi connectivity index (χ2v) is 6.93. The van der Waals surface area contributed by atoms with Crippen molar-refractivity contribution in [1.82, 2.24) is 4.98 Å². The number of carbonyl (C=O) groups excluding carboxylic acids is 2. The zero-order chi connectivity index (χ0) is 16.2. The highest BCUT2D eigenvalue weighted by Gasteiger charge is 2.26. The van der Waals surface area contributed by atoms with Crippen LogP contribution in [0.15, 0.2) is 0 Å². The third-order valence-corrected chi connectivity index (χ3v) is 3.97. The number of ketones is 1. The lowest BCUT2D eigenvalue weighted by Gasteiger charge is -2.25. The number of aryl methyl sites for hydroxylation is 1. The normalized spacial score (nSPS) is 11.3. The molecule has 1 amide bonds. The van der Waals surface area contributed by atoms with Crippen LogP contribution in [0.4, 0.5) is 9.93 Å². The van der Waals surface area contributed by atoms with E-state index in [1.165, 1.54) is 23.2 Å². The molecule has 5 nitrogen and oxygen atoms in total. The number of anilines is 1. The third-order valence-electron chi connectivity index (χ3n) is 2.69. The highest BCUT2D eigenvalue weighted by atomic mass is 32.1. The number of rotatable bonds is 5. The van der Waals surface area contributed by atoms with Gasteiger partial charge in [0, 0.05) is 13.5 Å². The molecule has 21 heavy (non-hydrogen) atoms. The number of amides is 1. The van der Waals surface area contributed by atoms with Crippen LogP contribution in [0.25, 0.3) is 0 Å². The van der Waals surface area contributed by atoms with Crippen LogP contribution in [0.5, 0.6) is 0 Å². The van der Waals surface area contributed by atoms with E-state index in [-0.39, 0.29) is 5.78 Å². The van der Waals surface area contributed by atoms with Gasteiger partial charge in [0.15, 0.2) is 10.9 Å². The number of carbonyl (C=O) groups is 2. The molecule has 0 radical (unpaired) electrons. The van der Waals surface area contributed by atoms with Gasteiger partial charge in [0.25, 0.3) is 0 Å². The third kappa shape index (κ3) is 5.12. The van der Waals surface area contributed by atoms with Gasteiger partial charge in [-0.25, -0.2) is 9.78 Å². The Bertz CT molecular complexity index is 517. The maximum Gasteiger partial charge on any atom is 0.416 e. The molecule has 0 aromatic carbocycles. The van der Waals surface area contributed by atoms with Crippen molar-refractivity contribution in [3.63, 3.8) is 0 Å². The predicted molar refractivity (Wildman–Crippen MR) is 85.3 cm³/mol. The molecule has 0 bridgehead atoms. The summed E-state index contributed by atoms with van der Waals surface area (Å²) in [6.07, 6.45) is 1.40. The fourth-order valence-corrected chi connectivity index (χ4v) is 2.70. The summed E-state index contributed by atoms with van der Waals surface area (Å²) in [4.78, 5) is 30.4. The smallest absolute Gasteiger partial charge is 0.416 e. The van der Waals surface area contributed by atoms with Crippen LogP contribution in [-0.4, -0.2) is 29.0 Å². The summed E-state index contributed by atoms with van der Waals surface area (Å²) in [7, 11) is 0. The molecule has 0 aliphatic rings. The van der Waals surface area contributed by atoms with Crippen LogP contribution >= 0.6 is 11.3 Å². The predicted octanol–water partition coefficient (Wildman–Crippen LogP) is 4.20. The first-order valence-corrected chi connectivity index (χ1v) is 7.96. The van der Waals surface area contributed by atoms with Crippen LogP contribution in [0.1, 0.15) is 62.8 Å². The van der Waals surface area contributed by atoms with Crippen molar-refractivity contribution in [3.8, 4) is 0 Å². The number of nitrogens with zero attached hydrogens (tertiary/aromatic N) is 2. The van der Waals surface area contributed by atoms with Crippen molar-refractivity contribution in [2.75, 3.05) is 11.4 Å². The number of Topliss-reactive ketones (excluding diaryl/α,β-unsaturated/α-hetero) is 1. The van der Waals surface area contributed by atoms with Crippen LogP contribution < -0.4 is 4.90 Å².